The number of imide groups is 1. The highest BCUT2D eigenvalue weighted by molar-refractivity contribution is 6.10. The third-order valence-electron chi connectivity index (χ3n) is 5.09. The van der Waals surface area contributed by atoms with E-state index in [-0.39, 0.29) is 36.6 Å². The van der Waals surface area contributed by atoms with Gasteiger partial charge in [-0.05, 0) is 25.8 Å². The molecular weight excluding hydrogens is 332 g/mol. The third-order valence-corrected chi connectivity index (χ3v) is 5.09. The first-order valence-corrected chi connectivity index (χ1v) is 8.98. The molecule has 142 valence electrons. The van der Waals surface area contributed by atoms with E-state index in [4.69, 9.17) is 4.74 Å². The van der Waals surface area contributed by atoms with Crippen LogP contribution in [0.5, 0.6) is 0 Å². The SMILES string of the molecule is COCCCN1C(=O)C[C@@](CC(=O)N(C)C(C)C)(c2ccccc2)C1=O. The summed E-state index contributed by atoms with van der Waals surface area (Å²) in [6, 6.07) is 9.20. The van der Waals surface area contributed by atoms with E-state index >= 15 is 0 Å². The molecule has 0 bridgehead atoms. The quantitative estimate of drug-likeness (QED) is 0.525. The summed E-state index contributed by atoms with van der Waals surface area (Å²) in [6.45, 7) is 4.64. The minimum atomic E-state index is -1.12. The largest absolute Gasteiger partial charge is 0.385 e. The van der Waals surface area contributed by atoms with E-state index in [1.54, 1.807) is 19.1 Å². The standard InChI is InChI=1S/C20H28N2O4/c1-15(2)21(3)17(23)13-20(16-9-6-5-7-10-16)14-18(24)22(19(20)25)11-8-12-26-4/h5-7,9-10,15H,8,11-14H2,1-4H3/t20-/m0/s1. The van der Waals surface area contributed by atoms with Crippen molar-refractivity contribution in [1.82, 2.24) is 9.80 Å². The molecule has 1 heterocycles. The molecule has 0 aliphatic carbocycles. The van der Waals surface area contributed by atoms with Crippen LogP contribution in [0.3, 0.4) is 0 Å². The Labute approximate surface area is 155 Å². The monoisotopic (exact) mass is 360 g/mol. The van der Waals surface area contributed by atoms with Crippen molar-refractivity contribution in [3.8, 4) is 0 Å². The van der Waals surface area contributed by atoms with Gasteiger partial charge >= 0.3 is 0 Å². The molecular formula is C20H28N2O4. The fourth-order valence-electron chi connectivity index (χ4n) is 3.29. The van der Waals surface area contributed by atoms with Crippen molar-refractivity contribution in [2.24, 2.45) is 0 Å². The van der Waals surface area contributed by atoms with Gasteiger partial charge < -0.3 is 9.64 Å². The lowest BCUT2D eigenvalue weighted by atomic mass is 9.75. The fraction of sp³-hybridized carbons (Fsp3) is 0.550. The highest BCUT2D eigenvalue weighted by Crippen LogP contribution is 2.40. The molecule has 0 N–H and O–H groups in total. The molecule has 6 nitrogen and oxygen atoms in total. The van der Waals surface area contributed by atoms with Crippen molar-refractivity contribution in [2.45, 2.75) is 44.6 Å². The third kappa shape index (κ3) is 3.96. The Morgan fingerprint density at radius 3 is 2.50 bits per heavy atom. The molecule has 0 radical (unpaired) electrons. The topological polar surface area (TPSA) is 66.9 Å². The molecule has 2 rings (SSSR count). The predicted molar refractivity (Wildman–Crippen MR) is 98.5 cm³/mol. The number of methoxy groups -OCH3 is 1. The zero-order chi connectivity index (χ0) is 19.3. The number of rotatable bonds is 8. The van der Waals surface area contributed by atoms with Gasteiger partial charge in [-0.25, -0.2) is 0 Å². The van der Waals surface area contributed by atoms with Crippen LogP contribution >= 0.6 is 0 Å². The fourth-order valence-corrected chi connectivity index (χ4v) is 3.29. The highest BCUT2D eigenvalue weighted by Gasteiger charge is 2.53. The van der Waals surface area contributed by atoms with Crippen LogP contribution < -0.4 is 0 Å². The molecule has 0 spiro atoms. The van der Waals surface area contributed by atoms with Crippen molar-refractivity contribution in [3.05, 3.63) is 35.9 Å². The van der Waals surface area contributed by atoms with Crippen LogP contribution in [-0.2, 0) is 24.5 Å². The van der Waals surface area contributed by atoms with E-state index in [1.165, 1.54) is 4.90 Å². The smallest absolute Gasteiger partial charge is 0.240 e. The van der Waals surface area contributed by atoms with Gasteiger partial charge in [0, 0.05) is 46.2 Å². The maximum absolute atomic E-state index is 13.3. The van der Waals surface area contributed by atoms with E-state index < -0.39 is 5.41 Å². The normalized spacial score (nSPS) is 20.1. The van der Waals surface area contributed by atoms with E-state index in [0.717, 1.165) is 5.56 Å². The summed E-state index contributed by atoms with van der Waals surface area (Å²) < 4.78 is 5.02. The van der Waals surface area contributed by atoms with Crippen LogP contribution in [-0.4, -0.2) is 60.9 Å². The minimum absolute atomic E-state index is 0.00293. The molecule has 1 aliphatic rings. The molecule has 26 heavy (non-hydrogen) atoms. The Morgan fingerprint density at radius 1 is 1.27 bits per heavy atom. The van der Waals surface area contributed by atoms with Crippen molar-refractivity contribution in [2.75, 3.05) is 27.3 Å². The molecule has 3 amide bonds. The summed E-state index contributed by atoms with van der Waals surface area (Å²) in [5, 5.41) is 0. The summed E-state index contributed by atoms with van der Waals surface area (Å²) in [5.41, 5.74) is -0.399. The number of benzene rings is 1. The molecule has 0 unspecified atom stereocenters. The van der Waals surface area contributed by atoms with Gasteiger partial charge in [0.1, 0.15) is 0 Å². The van der Waals surface area contributed by atoms with Gasteiger partial charge in [0.25, 0.3) is 0 Å². The van der Waals surface area contributed by atoms with Gasteiger partial charge in [0.2, 0.25) is 17.7 Å². The second-order valence-corrected chi connectivity index (χ2v) is 7.10. The van der Waals surface area contributed by atoms with Crippen molar-refractivity contribution in [3.63, 3.8) is 0 Å². The first kappa shape index (κ1) is 20.1. The molecule has 1 aromatic carbocycles. The van der Waals surface area contributed by atoms with Gasteiger partial charge in [-0.15, -0.1) is 0 Å². The lowest BCUT2D eigenvalue weighted by molar-refractivity contribution is -0.143. The second-order valence-electron chi connectivity index (χ2n) is 7.10. The average Bonchev–Trinajstić information content (AvgIpc) is 2.86. The van der Waals surface area contributed by atoms with Gasteiger partial charge in [-0.3, -0.25) is 19.3 Å². The summed E-state index contributed by atoms with van der Waals surface area (Å²) in [6.07, 6.45) is 0.607. The molecule has 0 aromatic heterocycles. The van der Waals surface area contributed by atoms with E-state index in [0.29, 0.717) is 19.6 Å². The Kier molecular flexibility index (Phi) is 6.53. The van der Waals surface area contributed by atoms with Crippen LogP contribution in [0.15, 0.2) is 30.3 Å². The van der Waals surface area contributed by atoms with E-state index in [9.17, 15) is 14.4 Å². The summed E-state index contributed by atoms with van der Waals surface area (Å²) >= 11 is 0. The minimum Gasteiger partial charge on any atom is -0.385 e. The Hall–Kier alpha value is -2.21. The van der Waals surface area contributed by atoms with Gasteiger partial charge in [0.15, 0.2) is 0 Å². The molecule has 1 aliphatic heterocycles. The molecule has 0 saturated carbocycles. The molecule has 1 saturated heterocycles. The van der Waals surface area contributed by atoms with Crippen LogP contribution in [0.4, 0.5) is 0 Å². The lowest BCUT2D eigenvalue weighted by Gasteiger charge is -2.30. The Bertz CT molecular complexity index is 659. The number of likely N-dealkylation sites (tertiary alicyclic amines) is 1. The predicted octanol–water partition coefficient (Wildman–Crippen LogP) is 1.98. The zero-order valence-electron chi connectivity index (χ0n) is 16.0. The highest BCUT2D eigenvalue weighted by atomic mass is 16.5. The number of hydrogen-bond acceptors (Lipinski definition) is 4. The molecule has 6 heteroatoms. The van der Waals surface area contributed by atoms with Crippen molar-refractivity contribution >= 4 is 17.7 Å². The van der Waals surface area contributed by atoms with Gasteiger partial charge in [0.05, 0.1) is 5.41 Å². The number of nitrogens with zero attached hydrogens (tertiary/aromatic N) is 2. The Morgan fingerprint density at radius 2 is 1.92 bits per heavy atom. The first-order chi connectivity index (χ1) is 12.3. The van der Waals surface area contributed by atoms with E-state index in [1.807, 2.05) is 44.2 Å². The summed E-state index contributed by atoms with van der Waals surface area (Å²) in [7, 11) is 3.31. The maximum Gasteiger partial charge on any atom is 0.240 e. The maximum atomic E-state index is 13.3. The summed E-state index contributed by atoms with van der Waals surface area (Å²) in [4.78, 5) is 41.5. The zero-order valence-corrected chi connectivity index (χ0v) is 16.0. The summed E-state index contributed by atoms with van der Waals surface area (Å²) in [5.74, 6) is -0.644. The van der Waals surface area contributed by atoms with Gasteiger partial charge in [-0.1, -0.05) is 30.3 Å². The van der Waals surface area contributed by atoms with Crippen LogP contribution in [0.2, 0.25) is 0 Å². The van der Waals surface area contributed by atoms with Crippen LogP contribution in [0, 0.1) is 0 Å². The van der Waals surface area contributed by atoms with Crippen molar-refractivity contribution < 1.29 is 19.1 Å². The number of hydrogen-bond donors (Lipinski definition) is 0. The number of carbonyl (C=O) groups excluding carboxylic acids is 3. The molecule has 1 atom stereocenters. The van der Waals surface area contributed by atoms with Crippen LogP contribution in [0.25, 0.3) is 0 Å². The van der Waals surface area contributed by atoms with E-state index in [2.05, 4.69) is 0 Å². The van der Waals surface area contributed by atoms with Crippen molar-refractivity contribution in [1.29, 1.82) is 0 Å². The number of ether oxygens (including phenoxy) is 1. The average molecular weight is 360 g/mol. The number of carbonyl (C=O) groups is 3. The molecule has 1 fully saturated rings. The molecule has 1 aromatic rings. The first-order valence-electron chi connectivity index (χ1n) is 8.98. The Balaban J connectivity index is 2.35. The number of amides is 3. The second kappa shape index (κ2) is 8.45. The lowest BCUT2D eigenvalue weighted by Crippen LogP contribution is -2.44. The van der Waals surface area contributed by atoms with Crippen LogP contribution in [0.1, 0.15) is 38.7 Å². The van der Waals surface area contributed by atoms with Gasteiger partial charge in [-0.2, -0.15) is 0 Å².